The summed E-state index contributed by atoms with van der Waals surface area (Å²) in [6.45, 7) is 4.30. The number of carbonyl (C=O) groups is 1. The fourth-order valence-electron chi connectivity index (χ4n) is 2.93. The van der Waals surface area contributed by atoms with Crippen LogP contribution in [0.15, 0.2) is 12.1 Å². The van der Waals surface area contributed by atoms with Crippen LogP contribution in [0.4, 0.5) is 5.69 Å². The van der Waals surface area contributed by atoms with E-state index >= 15 is 0 Å². The quantitative estimate of drug-likeness (QED) is 0.794. The van der Waals surface area contributed by atoms with Gasteiger partial charge in [0, 0.05) is 25.9 Å². The van der Waals surface area contributed by atoms with Crippen LogP contribution in [-0.2, 0) is 11.2 Å². The summed E-state index contributed by atoms with van der Waals surface area (Å²) in [6, 6.07) is 4.02. The van der Waals surface area contributed by atoms with Crippen molar-refractivity contribution in [1.82, 2.24) is 5.32 Å². The van der Waals surface area contributed by atoms with E-state index in [1.165, 1.54) is 11.1 Å². The molecule has 2 aliphatic heterocycles. The van der Waals surface area contributed by atoms with Crippen molar-refractivity contribution in [3.05, 3.63) is 28.3 Å². The lowest BCUT2D eigenvalue weighted by atomic mass is 9.95. The normalized spacial score (nSPS) is 21.0. The highest BCUT2D eigenvalue weighted by atomic mass is 35.5. The average molecular weight is 287 g/mol. The Bertz CT molecular complexity index is 490. The molecule has 0 fully saturated rings. The fourth-order valence-corrected chi connectivity index (χ4v) is 3.19. The molecule has 1 aromatic carbocycles. The molecular weight excluding hydrogens is 271 g/mol. The highest BCUT2D eigenvalue weighted by molar-refractivity contribution is 6.34. The van der Waals surface area contributed by atoms with Crippen LogP contribution < -0.4 is 10.2 Å². The monoisotopic (exact) mass is 286 g/mol. The van der Waals surface area contributed by atoms with E-state index in [1.54, 1.807) is 6.92 Å². The first kappa shape index (κ1) is 13.7. The van der Waals surface area contributed by atoms with Gasteiger partial charge in [0.1, 0.15) is 0 Å². The van der Waals surface area contributed by atoms with E-state index in [0.717, 1.165) is 31.7 Å². The Morgan fingerprint density at radius 2 is 2.28 bits per heavy atom. The van der Waals surface area contributed by atoms with Gasteiger partial charge in [-0.1, -0.05) is 17.7 Å². The summed E-state index contributed by atoms with van der Waals surface area (Å²) in [6.07, 6.45) is 1.02. The van der Waals surface area contributed by atoms with Crippen LogP contribution in [-0.4, -0.2) is 25.5 Å². The van der Waals surface area contributed by atoms with Gasteiger partial charge in [-0.3, -0.25) is 4.79 Å². The maximum Gasteiger partial charge on any atom is 0.223 e. The minimum absolute atomic E-state index is 0. The summed E-state index contributed by atoms with van der Waals surface area (Å²) in [4.78, 5) is 13.5. The van der Waals surface area contributed by atoms with Crippen molar-refractivity contribution in [2.75, 3.05) is 24.5 Å². The van der Waals surface area contributed by atoms with Gasteiger partial charge < -0.3 is 10.2 Å². The number of rotatable bonds is 0. The molecule has 1 amide bonds. The molecule has 5 heteroatoms. The molecule has 0 aliphatic carbocycles. The average Bonchev–Trinajstić information content (AvgIpc) is 2.57. The zero-order valence-corrected chi connectivity index (χ0v) is 11.8. The van der Waals surface area contributed by atoms with Crippen LogP contribution in [0.3, 0.4) is 0 Å². The van der Waals surface area contributed by atoms with E-state index in [2.05, 4.69) is 11.4 Å². The SMILES string of the molecule is CC(=O)N1C[C@H]2CNCCc3ccc(Cl)c1c32.Cl. The predicted molar refractivity (Wildman–Crippen MR) is 76.0 cm³/mol. The van der Waals surface area contributed by atoms with Crippen molar-refractivity contribution < 1.29 is 4.79 Å². The van der Waals surface area contributed by atoms with E-state index in [-0.39, 0.29) is 18.3 Å². The van der Waals surface area contributed by atoms with E-state index in [4.69, 9.17) is 11.6 Å². The topological polar surface area (TPSA) is 32.3 Å². The number of hydrogen-bond donors (Lipinski definition) is 1. The number of halogens is 2. The van der Waals surface area contributed by atoms with Crippen molar-refractivity contribution in [1.29, 1.82) is 0 Å². The Balaban J connectivity index is 0.00000120. The molecule has 1 aromatic rings. The maximum absolute atomic E-state index is 11.7. The van der Waals surface area contributed by atoms with Gasteiger partial charge in [-0.25, -0.2) is 0 Å². The largest absolute Gasteiger partial charge is 0.316 e. The summed E-state index contributed by atoms with van der Waals surface area (Å²) < 4.78 is 0. The molecule has 0 radical (unpaired) electrons. The Hall–Kier alpha value is -0.770. The number of carbonyl (C=O) groups excluding carboxylic acids is 1. The van der Waals surface area contributed by atoms with Crippen molar-refractivity contribution in [2.24, 2.45) is 0 Å². The predicted octanol–water partition coefficient (Wildman–Crippen LogP) is 2.36. The van der Waals surface area contributed by atoms with Crippen molar-refractivity contribution in [2.45, 2.75) is 19.3 Å². The number of hydrogen-bond acceptors (Lipinski definition) is 2. The summed E-state index contributed by atoms with van der Waals surface area (Å²) in [7, 11) is 0. The zero-order chi connectivity index (χ0) is 12.0. The highest BCUT2D eigenvalue weighted by Crippen LogP contribution is 2.43. The van der Waals surface area contributed by atoms with Crippen LogP contribution >= 0.6 is 24.0 Å². The molecule has 2 aliphatic rings. The number of anilines is 1. The summed E-state index contributed by atoms with van der Waals surface area (Å²) in [5.74, 6) is 0.471. The second kappa shape index (κ2) is 5.08. The molecule has 18 heavy (non-hydrogen) atoms. The van der Waals surface area contributed by atoms with Gasteiger partial charge in [0.2, 0.25) is 5.91 Å². The van der Waals surface area contributed by atoms with Crippen LogP contribution in [0, 0.1) is 0 Å². The molecule has 0 saturated heterocycles. The van der Waals surface area contributed by atoms with Crippen LogP contribution in [0.2, 0.25) is 5.02 Å². The Labute approximate surface area is 118 Å². The number of benzene rings is 1. The van der Waals surface area contributed by atoms with Crippen LogP contribution in [0.5, 0.6) is 0 Å². The molecule has 1 N–H and O–H groups in total. The lowest BCUT2D eigenvalue weighted by Gasteiger charge is -2.17. The molecule has 1 atom stereocenters. The number of nitrogens with one attached hydrogen (secondary N) is 1. The molecular formula is C13H16Cl2N2O. The lowest BCUT2D eigenvalue weighted by molar-refractivity contribution is -0.116. The summed E-state index contributed by atoms with van der Waals surface area (Å²) in [5, 5.41) is 4.12. The van der Waals surface area contributed by atoms with Gasteiger partial charge in [-0.05, 0) is 30.2 Å². The van der Waals surface area contributed by atoms with Gasteiger partial charge in [0.15, 0.2) is 0 Å². The second-order valence-electron chi connectivity index (χ2n) is 4.75. The molecule has 0 aromatic heterocycles. The molecule has 0 unspecified atom stereocenters. The van der Waals surface area contributed by atoms with E-state index in [9.17, 15) is 4.79 Å². The Morgan fingerprint density at radius 3 is 3.00 bits per heavy atom. The van der Waals surface area contributed by atoms with Crippen LogP contribution in [0.1, 0.15) is 24.0 Å². The number of amides is 1. The molecule has 2 heterocycles. The van der Waals surface area contributed by atoms with Gasteiger partial charge in [0.25, 0.3) is 0 Å². The molecule has 98 valence electrons. The van der Waals surface area contributed by atoms with E-state index in [1.807, 2.05) is 11.0 Å². The van der Waals surface area contributed by atoms with E-state index in [0.29, 0.717) is 10.9 Å². The molecule has 0 bridgehead atoms. The molecule has 0 spiro atoms. The third-order valence-corrected chi connectivity index (χ3v) is 3.99. The smallest absolute Gasteiger partial charge is 0.223 e. The summed E-state index contributed by atoms with van der Waals surface area (Å²) in [5.41, 5.74) is 3.58. The first-order valence-electron chi connectivity index (χ1n) is 5.98. The zero-order valence-electron chi connectivity index (χ0n) is 10.2. The van der Waals surface area contributed by atoms with Crippen molar-refractivity contribution in [3.63, 3.8) is 0 Å². The van der Waals surface area contributed by atoms with Gasteiger partial charge in [0.05, 0.1) is 10.7 Å². The first-order chi connectivity index (χ1) is 8.18. The standard InChI is InChI=1S/C13H15ClN2O.ClH/c1-8(17)16-7-10-6-15-5-4-9-2-3-11(14)13(16)12(9)10;/h2-3,10,15H,4-7H2,1H3;1H/t10-;/m1./s1. The maximum atomic E-state index is 11.7. The Kier molecular flexibility index (Phi) is 3.85. The molecule has 3 nitrogen and oxygen atoms in total. The van der Waals surface area contributed by atoms with Crippen LogP contribution in [0.25, 0.3) is 0 Å². The van der Waals surface area contributed by atoms with E-state index < -0.39 is 0 Å². The van der Waals surface area contributed by atoms with Gasteiger partial charge in [-0.15, -0.1) is 12.4 Å². The molecule has 0 saturated carbocycles. The Morgan fingerprint density at radius 1 is 1.50 bits per heavy atom. The van der Waals surface area contributed by atoms with Crippen molar-refractivity contribution in [3.8, 4) is 0 Å². The number of nitrogens with zero attached hydrogens (tertiary/aromatic N) is 1. The molecule has 3 rings (SSSR count). The van der Waals surface area contributed by atoms with Crippen molar-refractivity contribution >= 4 is 35.6 Å². The van der Waals surface area contributed by atoms with Gasteiger partial charge >= 0.3 is 0 Å². The fraction of sp³-hybridized carbons (Fsp3) is 0.462. The third-order valence-electron chi connectivity index (χ3n) is 3.68. The lowest BCUT2D eigenvalue weighted by Crippen LogP contribution is -2.30. The minimum Gasteiger partial charge on any atom is -0.316 e. The second-order valence-corrected chi connectivity index (χ2v) is 5.16. The highest BCUT2D eigenvalue weighted by Gasteiger charge is 2.35. The minimum atomic E-state index is 0. The van der Waals surface area contributed by atoms with Gasteiger partial charge in [-0.2, -0.15) is 0 Å². The first-order valence-corrected chi connectivity index (χ1v) is 6.36. The summed E-state index contributed by atoms with van der Waals surface area (Å²) >= 11 is 6.27. The third kappa shape index (κ3) is 2.00.